The van der Waals surface area contributed by atoms with Crippen molar-refractivity contribution in [3.8, 4) is 17.0 Å². The van der Waals surface area contributed by atoms with Crippen molar-refractivity contribution in [2.75, 3.05) is 0 Å². The van der Waals surface area contributed by atoms with Crippen LogP contribution in [0.25, 0.3) is 16.9 Å². The van der Waals surface area contributed by atoms with E-state index in [1.165, 1.54) is 12.3 Å². The van der Waals surface area contributed by atoms with Gasteiger partial charge in [0.1, 0.15) is 11.4 Å². The molecule has 2 aromatic carbocycles. The number of rotatable bonds is 4. The molecule has 0 N–H and O–H groups in total. The second kappa shape index (κ2) is 6.96. The number of nitrogens with zero attached hydrogens (tertiary/aromatic N) is 3. The van der Waals surface area contributed by atoms with Gasteiger partial charge in [-0.25, -0.2) is 9.78 Å². The summed E-state index contributed by atoms with van der Waals surface area (Å²) in [6, 6.07) is 17.1. The standard InChI is InChI=1S/C21H15N3O4/c1-14-2-4-16(5-3-14)21(25)28-18-9-6-15(7-10-18)19-13-23-12-17(24(26)27)8-11-20(23)22-19/h2-13H,1H3. The number of carbonyl (C=O) groups excluding carboxylic acids is 1. The maximum absolute atomic E-state index is 12.2. The molecule has 7 nitrogen and oxygen atoms in total. The van der Waals surface area contributed by atoms with E-state index in [-0.39, 0.29) is 5.69 Å². The van der Waals surface area contributed by atoms with Crippen LogP contribution in [0.3, 0.4) is 0 Å². The van der Waals surface area contributed by atoms with Gasteiger partial charge in [-0.05, 0) is 49.4 Å². The molecule has 2 heterocycles. The number of aryl methyl sites for hydroxylation is 1. The Kier molecular flexibility index (Phi) is 4.33. The first-order valence-corrected chi connectivity index (χ1v) is 8.52. The number of fused-ring (bicyclic) bond motifs is 1. The summed E-state index contributed by atoms with van der Waals surface area (Å²) >= 11 is 0. The van der Waals surface area contributed by atoms with Crippen LogP contribution in [-0.2, 0) is 0 Å². The van der Waals surface area contributed by atoms with Crippen LogP contribution in [0.5, 0.6) is 5.75 Å². The quantitative estimate of drug-likeness (QED) is 0.228. The molecule has 0 fully saturated rings. The third-order valence-corrected chi connectivity index (χ3v) is 4.29. The predicted molar refractivity (Wildman–Crippen MR) is 103 cm³/mol. The maximum atomic E-state index is 12.2. The molecule has 7 heteroatoms. The zero-order chi connectivity index (χ0) is 19.7. The van der Waals surface area contributed by atoms with E-state index in [4.69, 9.17) is 4.74 Å². The highest BCUT2D eigenvalue weighted by atomic mass is 16.6. The average molecular weight is 373 g/mol. The van der Waals surface area contributed by atoms with Gasteiger partial charge in [-0.1, -0.05) is 17.7 Å². The van der Waals surface area contributed by atoms with Gasteiger partial charge in [0.05, 0.1) is 22.4 Å². The molecule has 0 radical (unpaired) electrons. The molecule has 0 saturated carbocycles. The van der Waals surface area contributed by atoms with E-state index in [0.29, 0.717) is 22.7 Å². The number of nitro groups is 1. The van der Waals surface area contributed by atoms with E-state index in [1.54, 1.807) is 53.1 Å². The number of hydrogen-bond donors (Lipinski definition) is 0. The number of esters is 1. The molecule has 0 spiro atoms. The van der Waals surface area contributed by atoms with Gasteiger partial charge in [0.2, 0.25) is 0 Å². The van der Waals surface area contributed by atoms with Crippen LogP contribution in [0, 0.1) is 17.0 Å². The molecule has 0 unspecified atom stereocenters. The fraction of sp³-hybridized carbons (Fsp3) is 0.0476. The van der Waals surface area contributed by atoms with Crippen LogP contribution in [0.1, 0.15) is 15.9 Å². The molecule has 0 aliphatic heterocycles. The summed E-state index contributed by atoms with van der Waals surface area (Å²) < 4.78 is 7.00. The van der Waals surface area contributed by atoms with Crippen LogP contribution < -0.4 is 4.74 Å². The van der Waals surface area contributed by atoms with Crippen molar-refractivity contribution in [1.29, 1.82) is 0 Å². The Morgan fingerprint density at radius 2 is 1.71 bits per heavy atom. The second-order valence-electron chi connectivity index (χ2n) is 6.32. The summed E-state index contributed by atoms with van der Waals surface area (Å²) in [5.74, 6) is 0.00140. The van der Waals surface area contributed by atoms with Crippen LogP contribution >= 0.6 is 0 Å². The van der Waals surface area contributed by atoms with Gasteiger partial charge < -0.3 is 4.74 Å². The minimum atomic E-state index is -0.448. The lowest BCUT2D eigenvalue weighted by atomic mass is 10.1. The molecule has 0 bridgehead atoms. The summed E-state index contributed by atoms with van der Waals surface area (Å²) in [6.45, 7) is 1.95. The van der Waals surface area contributed by atoms with Gasteiger partial charge in [0, 0.05) is 17.8 Å². The van der Waals surface area contributed by atoms with Gasteiger partial charge in [-0.3, -0.25) is 14.5 Å². The van der Waals surface area contributed by atoms with Crippen LogP contribution in [0.15, 0.2) is 73.1 Å². The number of carbonyl (C=O) groups is 1. The Balaban J connectivity index is 1.54. The number of benzene rings is 2. The summed E-state index contributed by atoms with van der Waals surface area (Å²) in [5, 5.41) is 10.9. The van der Waals surface area contributed by atoms with Crippen molar-refractivity contribution < 1.29 is 14.5 Å². The van der Waals surface area contributed by atoms with Crippen LogP contribution in [-0.4, -0.2) is 20.3 Å². The fourth-order valence-corrected chi connectivity index (χ4v) is 2.78. The third-order valence-electron chi connectivity index (χ3n) is 4.29. The van der Waals surface area contributed by atoms with Crippen molar-refractivity contribution in [2.45, 2.75) is 6.92 Å². The van der Waals surface area contributed by atoms with Crippen LogP contribution in [0.2, 0.25) is 0 Å². The van der Waals surface area contributed by atoms with Crippen molar-refractivity contribution in [3.63, 3.8) is 0 Å². The Labute approximate surface area is 160 Å². The van der Waals surface area contributed by atoms with Gasteiger partial charge in [-0.15, -0.1) is 0 Å². The lowest BCUT2D eigenvalue weighted by Crippen LogP contribution is -2.08. The van der Waals surface area contributed by atoms with Crippen molar-refractivity contribution in [2.24, 2.45) is 0 Å². The number of ether oxygens (including phenoxy) is 1. The molecule has 28 heavy (non-hydrogen) atoms. The largest absolute Gasteiger partial charge is 0.423 e. The maximum Gasteiger partial charge on any atom is 0.343 e. The normalized spacial score (nSPS) is 10.8. The molecule has 0 atom stereocenters. The third kappa shape index (κ3) is 3.45. The molecule has 0 saturated heterocycles. The molecule has 0 aliphatic rings. The zero-order valence-electron chi connectivity index (χ0n) is 14.9. The van der Waals surface area contributed by atoms with E-state index in [0.717, 1.165) is 11.1 Å². The first-order valence-electron chi connectivity index (χ1n) is 8.52. The van der Waals surface area contributed by atoms with E-state index < -0.39 is 10.9 Å². The zero-order valence-corrected chi connectivity index (χ0v) is 14.9. The smallest absolute Gasteiger partial charge is 0.343 e. The number of imidazole rings is 1. The molecule has 2 aromatic heterocycles. The fourth-order valence-electron chi connectivity index (χ4n) is 2.78. The van der Waals surface area contributed by atoms with E-state index in [9.17, 15) is 14.9 Å². The molecule has 4 rings (SSSR count). The number of pyridine rings is 1. The summed E-state index contributed by atoms with van der Waals surface area (Å²) in [5.41, 5.74) is 3.62. The molecular weight excluding hydrogens is 358 g/mol. The average Bonchev–Trinajstić information content (AvgIpc) is 3.12. The van der Waals surface area contributed by atoms with Crippen molar-refractivity contribution >= 4 is 17.3 Å². The number of hydrogen-bond acceptors (Lipinski definition) is 5. The lowest BCUT2D eigenvalue weighted by molar-refractivity contribution is -0.385. The van der Waals surface area contributed by atoms with Gasteiger partial charge in [0.15, 0.2) is 0 Å². The lowest BCUT2D eigenvalue weighted by Gasteiger charge is -2.05. The molecule has 0 aliphatic carbocycles. The van der Waals surface area contributed by atoms with Crippen LogP contribution in [0.4, 0.5) is 5.69 Å². The van der Waals surface area contributed by atoms with E-state index in [1.807, 2.05) is 19.1 Å². The van der Waals surface area contributed by atoms with Gasteiger partial charge in [0.25, 0.3) is 5.69 Å². The summed E-state index contributed by atoms with van der Waals surface area (Å²) in [7, 11) is 0. The minimum Gasteiger partial charge on any atom is -0.423 e. The molecule has 138 valence electrons. The Hall–Kier alpha value is -4.00. The highest BCUT2D eigenvalue weighted by molar-refractivity contribution is 5.91. The first-order chi connectivity index (χ1) is 13.5. The predicted octanol–water partition coefficient (Wildman–Crippen LogP) is 4.44. The SMILES string of the molecule is Cc1ccc(C(=O)Oc2ccc(-c3cn4cc([N+](=O)[O-])ccc4n3)cc2)cc1. The van der Waals surface area contributed by atoms with Gasteiger partial charge in [-0.2, -0.15) is 0 Å². The Morgan fingerprint density at radius 1 is 1.00 bits per heavy atom. The first kappa shape index (κ1) is 17.4. The summed E-state index contributed by atoms with van der Waals surface area (Å²) in [6.07, 6.45) is 3.14. The van der Waals surface area contributed by atoms with E-state index >= 15 is 0 Å². The highest BCUT2D eigenvalue weighted by Crippen LogP contribution is 2.24. The van der Waals surface area contributed by atoms with Crippen molar-refractivity contribution in [3.05, 3.63) is 94.3 Å². The molecule has 0 amide bonds. The van der Waals surface area contributed by atoms with Gasteiger partial charge >= 0.3 is 5.97 Å². The number of aromatic nitrogens is 2. The molecule has 4 aromatic rings. The molecular formula is C21H15N3O4. The Bertz CT molecular complexity index is 1180. The van der Waals surface area contributed by atoms with Crippen molar-refractivity contribution in [1.82, 2.24) is 9.38 Å². The highest BCUT2D eigenvalue weighted by Gasteiger charge is 2.11. The summed E-state index contributed by atoms with van der Waals surface area (Å²) in [4.78, 5) is 27.1. The topological polar surface area (TPSA) is 86.7 Å². The van der Waals surface area contributed by atoms with E-state index in [2.05, 4.69) is 4.98 Å². The second-order valence-corrected chi connectivity index (χ2v) is 6.32. The monoisotopic (exact) mass is 373 g/mol. The minimum absolute atomic E-state index is 0.00480. The Morgan fingerprint density at radius 3 is 2.39 bits per heavy atom.